The van der Waals surface area contributed by atoms with Crippen LogP contribution in [0.25, 0.3) is 0 Å². The highest BCUT2D eigenvalue weighted by Gasteiger charge is 2.19. The minimum atomic E-state index is -0.216. The van der Waals surface area contributed by atoms with Crippen LogP contribution in [0.15, 0.2) is 24.3 Å². The normalized spacial score (nSPS) is 12.3. The Bertz CT molecular complexity index is 418. The number of amides is 1. The van der Waals surface area contributed by atoms with E-state index in [9.17, 15) is 4.79 Å². The van der Waals surface area contributed by atoms with E-state index < -0.39 is 0 Å². The Morgan fingerprint density at radius 1 is 1.32 bits per heavy atom. The van der Waals surface area contributed by atoms with Gasteiger partial charge in [0.15, 0.2) is 0 Å². The number of benzene rings is 1. The minimum Gasteiger partial charge on any atom is -0.363 e. The molecule has 1 atom stereocenters. The number of carbonyl (C=O) groups is 1. The SMILES string of the molecule is CC(C)CNC(=O)C(C)N(C)c1ccccc1CN. The molecule has 0 spiro atoms. The monoisotopic (exact) mass is 263 g/mol. The van der Waals surface area contributed by atoms with Gasteiger partial charge in [-0.15, -0.1) is 0 Å². The predicted octanol–water partition coefficient (Wildman–Crippen LogP) is 1.74. The Balaban J connectivity index is 2.75. The maximum Gasteiger partial charge on any atom is 0.242 e. The summed E-state index contributed by atoms with van der Waals surface area (Å²) in [5.41, 5.74) is 7.80. The van der Waals surface area contributed by atoms with Crippen LogP contribution in [0.1, 0.15) is 26.3 Å². The van der Waals surface area contributed by atoms with Gasteiger partial charge in [-0.2, -0.15) is 0 Å². The zero-order valence-electron chi connectivity index (χ0n) is 12.3. The van der Waals surface area contributed by atoms with Crippen molar-refractivity contribution in [2.24, 2.45) is 11.7 Å². The second kappa shape index (κ2) is 7.14. The van der Waals surface area contributed by atoms with Gasteiger partial charge in [0, 0.05) is 25.8 Å². The molecule has 0 heterocycles. The summed E-state index contributed by atoms with van der Waals surface area (Å²) in [4.78, 5) is 14.0. The lowest BCUT2D eigenvalue weighted by molar-refractivity contribution is -0.122. The average molecular weight is 263 g/mol. The Kier molecular flexibility index (Phi) is 5.83. The van der Waals surface area contributed by atoms with Crippen LogP contribution in [-0.2, 0) is 11.3 Å². The fourth-order valence-corrected chi connectivity index (χ4v) is 1.86. The molecule has 3 N–H and O–H groups in total. The van der Waals surface area contributed by atoms with E-state index in [0.717, 1.165) is 11.3 Å². The van der Waals surface area contributed by atoms with Crippen molar-refractivity contribution >= 4 is 11.6 Å². The van der Waals surface area contributed by atoms with Gasteiger partial charge in [0.05, 0.1) is 0 Å². The first kappa shape index (κ1) is 15.5. The average Bonchev–Trinajstić information content (AvgIpc) is 2.42. The number of likely N-dealkylation sites (N-methyl/N-ethyl adjacent to an activating group) is 1. The molecule has 0 bridgehead atoms. The molecule has 0 aliphatic rings. The zero-order chi connectivity index (χ0) is 14.4. The van der Waals surface area contributed by atoms with Gasteiger partial charge in [0.25, 0.3) is 0 Å². The van der Waals surface area contributed by atoms with Crippen molar-refractivity contribution < 1.29 is 4.79 Å². The predicted molar refractivity (Wildman–Crippen MR) is 80.0 cm³/mol. The maximum atomic E-state index is 12.1. The lowest BCUT2D eigenvalue weighted by Gasteiger charge is -2.28. The van der Waals surface area contributed by atoms with E-state index in [-0.39, 0.29) is 11.9 Å². The molecule has 0 saturated carbocycles. The van der Waals surface area contributed by atoms with Crippen LogP contribution in [0.5, 0.6) is 0 Å². The van der Waals surface area contributed by atoms with Gasteiger partial charge in [0.1, 0.15) is 6.04 Å². The van der Waals surface area contributed by atoms with Crippen LogP contribution >= 0.6 is 0 Å². The molecular formula is C15H25N3O. The number of hydrogen-bond donors (Lipinski definition) is 2. The first-order valence-electron chi connectivity index (χ1n) is 6.75. The van der Waals surface area contributed by atoms with E-state index in [4.69, 9.17) is 5.73 Å². The summed E-state index contributed by atoms with van der Waals surface area (Å²) in [6.45, 7) is 7.25. The van der Waals surface area contributed by atoms with Gasteiger partial charge < -0.3 is 16.0 Å². The molecule has 1 rings (SSSR count). The Labute approximate surface area is 116 Å². The number of nitrogens with two attached hydrogens (primary N) is 1. The third kappa shape index (κ3) is 4.24. The molecule has 1 unspecified atom stereocenters. The Morgan fingerprint density at radius 3 is 2.53 bits per heavy atom. The summed E-state index contributed by atoms with van der Waals surface area (Å²) in [5, 5.41) is 2.96. The van der Waals surface area contributed by atoms with Crippen molar-refractivity contribution in [2.45, 2.75) is 33.4 Å². The van der Waals surface area contributed by atoms with Gasteiger partial charge in [-0.05, 0) is 24.5 Å². The molecule has 106 valence electrons. The molecule has 0 aliphatic carbocycles. The summed E-state index contributed by atoms with van der Waals surface area (Å²) in [5.74, 6) is 0.501. The molecule has 1 aromatic carbocycles. The molecule has 0 aliphatic heterocycles. The number of nitrogens with one attached hydrogen (secondary N) is 1. The van der Waals surface area contributed by atoms with E-state index in [0.29, 0.717) is 19.0 Å². The van der Waals surface area contributed by atoms with Crippen LogP contribution < -0.4 is 16.0 Å². The quantitative estimate of drug-likeness (QED) is 0.822. The molecular weight excluding hydrogens is 238 g/mol. The van der Waals surface area contributed by atoms with Crippen molar-refractivity contribution in [1.29, 1.82) is 0 Å². The number of hydrogen-bond acceptors (Lipinski definition) is 3. The molecule has 1 amide bonds. The van der Waals surface area contributed by atoms with Gasteiger partial charge in [-0.25, -0.2) is 0 Å². The molecule has 1 aromatic rings. The van der Waals surface area contributed by atoms with Crippen LogP contribution in [0.4, 0.5) is 5.69 Å². The number of para-hydroxylation sites is 1. The van der Waals surface area contributed by atoms with E-state index in [1.165, 1.54) is 0 Å². The van der Waals surface area contributed by atoms with Crippen molar-refractivity contribution in [1.82, 2.24) is 5.32 Å². The Morgan fingerprint density at radius 2 is 1.95 bits per heavy atom. The maximum absolute atomic E-state index is 12.1. The molecule has 0 radical (unpaired) electrons. The lowest BCUT2D eigenvalue weighted by Crippen LogP contribution is -2.44. The summed E-state index contributed by atoms with van der Waals surface area (Å²) in [6, 6.07) is 7.69. The molecule has 0 aromatic heterocycles. The van der Waals surface area contributed by atoms with Crippen molar-refractivity contribution in [3.05, 3.63) is 29.8 Å². The number of rotatable bonds is 6. The summed E-state index contributed by atoms with van der Waals surface area (Å²) in [6.07, 6.45) is 0. The van der Waals surface area contributed by atoms with Crippen LogP contribution in [0.3, 0.4) is 0 Å². The van der Waals surface area contributed by atoms with E-state index >= 15 is 0 Å². The van der Waals surface area contributed by atoms with E-state index in [1.54, 1.807) is 0 Å². The third-order valence-corrected chi connectivity index (χ3v) is 3.24. The first-order chi connectivity index (χ1) is 8.97. The number of carbonyl (C=O) groups excluding carboxylic acids is 1. The van der Waals surface area contributed by atoms with Crippen molar-refractivity contribution in [3.8, 4) is 0 Å². The van der Waals surface area contributed by atoms with Gasteiger partial charge in [-0.1, -0.05) is 32.0 Å². The summed E-state index contributed by atoms with van der Waals surface area (Å²) >= 11 is 0. The molecule has 0 saturated heterocycles. The smallest absolute Gasteiger partial charge is 0.242 e. The lowest BCUT2D eigenvalue weighted by atomic mass is 10.1. The minimum absolute atomic E-state index is 0.0445. The summed E-state index contributed by atoms with van der Waals surface area (Å²) in [7, 11) is 1.92. The molecule has 0 fully saturated rings. The Hall–Kier alpha value is -1.55. The van der Waals surface area contributed by atoms with Crippen molar-refractivity contribution in [3.63, 3.8) is 0 Å². The van der Waals surface area contributed by atoms with Crippen LogP contribution in [0.2, 0.25) is 0 Å². The second-order valence-electron chi connectivity index (χ2n) is 5.26. The highest BCUT2D eigenvalue weighted by Crippen LogP contribution is 2.20. The largest absolute Gasteiger partial charge is 0.363 e. The number of anilines is 1. The van der Waals surface area contributed by atoms with Crippen LogP contribution in [-0.4, -0.2) is 25.5 Å². The molecule has 4 nitrogen and oxygen atoms in total. The topological polar surface area (TPSA) is 58.4 Å². The number of nitrogens with zero attached hydrogens (tertiary/aromatic N) is 1. The van der Waals surface area contributed by atoms with Gasteiger partial charge in [-0.3, -0.25) is 4.79 Å². The second-order valence-corrected chi connectivity index (χ2v) is 5.26. The zero-order valence-corrected chi connectivity index (χ0v) is 12.3. The first-order valence-corrected chi connectivity index (χ1v) is 6.75. The molecule has 4 heteroatoms. The summed E-state index contributed by atoms with van der Waals surface area (Å²) < 4.78 is 0. The third-order valence-electron chi connectivity index (χ3n) is 3.24. The fourth-order valence-electron chi connectivity index (χ4n) is 1.86. The van der Waals surface area contributed by atoms with Gasteiger partial charge >= 0.3 is 0 Å². The van der Waals surface area contributed by atoms with E-state index in [2.05, 4.69) is 19.2 Å². The highest BCUT2D eigenvalue weighted by atomic mass is 16.2. The standard InChI is InChI=1S/C15H25N3O/c1-11(2)10-17-15(19)12(3)18(4)14-8-6-5-7-13(14)9-16/h5-8,11-12H,9-10,16H2,1-4H3,(H,17,19). The van der Waals surface area contributed by atoms with Crippen molar-refractivity contribution in [2.75, 3.05) is 18.5 Å². The van der Waals surface area contributed by atoms with Crippen LogP contribution in [0, 0.1) is 5.92 Å². The van der Waals surface area contributed by atoms with E-state index in [1.807, 2.05) is 43.1 Å². The molecule has 19 heavy (non-hydrogen) atoms. The van der Waals surface area contributed by atoms with Gasteiger partial charge in [0.2, 0.25) is 5.91 Å². The highest BCUT2D eigenvalue weighted by molar-refractivity contribution is 5.85. The fraction of sp³-hybridized carbons (Fsp3) is 0.533.